The number of aromatic nitrogens is 1. The van der Waals surface area contributed by atoms with Gasteiger partial charge < -0.3 is 10.6 Å². The SMILES string of the molecule is O=C(Nc1ccc(F)cc1F)c1ccc(NCCCc2ccccc2)nc1. The number of pyridine rings is 1. The van der Waals surface area contributed by atoms with Gasteiger partial charge in [-0.05, 0) is 42.7 Å². The van der Waals surface area contributed by atoms with E-state index in [-0.39, 0.29) is 11.3 Å². The molecule has 138 valence electrons. The van der Waals surface area contributed by atoms with E-state index in [1.54, 1.807) is 12.1 Å². The van der Waals surface area contributed by atoms with E-state index in [9.17, 15) is 13.6 Å². The topological polar surface area (TPSA) is 54.0 Å². The van der Waals surface area contributed by atoms with Crippen LogP contribution >= 0.6 is 0 Å². The van der Waals surface area contributed by atoms with Crippen LogP contribution in [0.15, 0.2) is 66.9 Å². The van der Waals surface area contributed by atoms with Gasteiger partial charge in [0.2, 0.25) is 0 Å². The lowest BCUT2D eigenvalue weighted by Gasteiger charge is -2.08. The first-order chi connectivity index (χ1) is 13.1. The number of amides is 1. The molecule has 0 aliphatic heterocycles. The number of rotatable bonds is 7. The van der Waals surface area contributed by atoms with Crippen LogP contribution < -0.4 is 10.6 Å². The third-order valence-corrected chi connectivity index (χ3v) is 4.00. The average Bonchev–Trinajstić information content (AvgIpc) is 2.69. The molecule has 0 aliphatic carbocycles. The first kappa shape index (κ1) is 18.5. The molecule has 0 saturated heterocycles. The van der Waals surface area contributed by atoms with E-state index >= 15 is 0 Å². The molecule has 6 heteroatoms. The molecule has 0 bridgehead atoms. The normalized spacial score (nSPS) is 10.4. The summed E-state index contributed by atoms with van der Waals surface area (Å²) in [4.78, 5) is 16.3. The highest BCUT2D eigenvalue weighted by atomic mass is 19.1. The van der Waals surface area contributed by atoms with Gasteiger partial charge in [0.25, 0.3) is 5.91 Å². The molecule has 27 heavy (non-hydrogen) atoms. The number of nitrogens with zero attached hydrogens (tertiary/aromatic N) is 1. The minimum atomic E-state index is -0.826. The van der Waals surface area contributed by atoms with E-state index in [1.807, 2.05) is 18.2 Å². The summed E-state index contributed by atoms with van der Waals surface area (Å²) in [7, 11) is 0. The van der Waals surface area contributed by atoms with Gasteiger partial charge >= 0.3 is 0 Å². The monoisotopic (exact) mass is 367 g/mol. The van der Waals surface area contributed by atoms with Crippen LogP contribution in [0.4, 0.5) is 20.3 Å². The van der Waals surface area contributed by atoms with Crippen LogP contribution in [-0.2, 0) is 6.42 Å². The van der Waals surface area contributed by atoms with Crippen molar-refractivity contribution in [3.8, 4) is 0 Å². The fraction of sp³-hybridized carbons (Fsp3) is 0.143. The van der Waals surface area contributed by atoms with Gasteiger partial charge in [0.05, 0.1) is 11.3 Å². The summed E-state index contributed by atoms with van der Waals surface area (Å²) in [6, 6.07) is 16.5. The van der Waals surface area contributed by atoms with Crippen molar-refractivity contribution >= 4 is 17.4 Å². The Morgan fingerprint density at radius 2 is 1.81 bits per heavy atom. The molecule has 2 aromatic carbocycles. The van der Waals surface area contributed by atoms with Crippen molar-refractivity contribution in [2.45, 2.75) is 12.8 Å². The Balaban J connectivity index is 1.49. The third-order valence-electron chi connectivity index (χ3n) is 4.00. The van der Waals surface area contributed by atoms with Gasteiger partial charge in [-0.2, -0.15) is 0 Å². The fourth-order valence-corrected chi connectivity index (χ4v) is 2.57. The van der Waals surface area contributed by atoms with Crippen LogP contribution in [0.5, 0.6) is 0 Å². The number of anilines is 2. The lowest BCUT2D eigenvalue weighted by molar-refractivity contribution is 0.102. The second-order valence-corrected chi connectivity index (χ2v) is 6.03. The Kier molecular flexibility index (Phi) is 6.10. The summed E-state index contributed by atoms with van der Waals surface area (Å²) in [6.07, 6.45) is 3.34. The summed E-state index contributed by atoms with van der Waals surface area (Å²) in [6.45, 7) is 0.758. The van der Waals surface area contributed by atoms with Crippen molar-refractivity contribution in [3.05, 3.63) is 89.6 Å². The molecule has 1 heterocycles. The van der Waals surface area contributed by atoms with Gasteiger partial charge in [-0.25, -0.2) is 13.8 Å². The zero-order chi connectivity index (χ0) is 19.1. The Labute approximate surface area is 156 Å². The van der Waals surface area contributed by atoms with Crippen molar-refractivity contribution in [2.24, 2.45) is 0 Å². The molecule has 3 rings (SSSR count). The Morgan fingerprint density at radius 1 is 1.00 bits per heavy atom. The molecule has 0 atom stereocenters. The molecular formula is C21H19F2N3O. The molecule has 0 unspecified atom stereocenters. The first-order valence-electron chi connectivity index (χ1n) is 8.62. The van der Waals surface area contributed by atoms with Crippen molar-refractivity contribution < 1.29 is 13.6 Å². The van der Waals surface area contributed by atoms with Crippen molar-refractivity contribution in [1.29, 1.82) is 0 Å². The first-order valence-corrected chi connectivity index (χ1v) is 8.62. The van der Waals surface area contributed by atoms with E-state index in [4.69, 9.17) is 0 Å². The zero-order valence-electron chi connectivity index (χ0n) is 14.6. The van der Waals surface area contributed by atoms with Gasteiger partial charge in [0.15, 0.2) is 0 Å². The molecule has 3 aromatic rings. The van der Waals surface area contributed by atoms with Crippen LogP contribution in [0.2, 0.25) is 0 Å². The van der Waals surface area contributed by atoms with E-state index < -0.39 is 17.5 Å². The second kappa shape index (κ2) is 8.89. The van der Waals surface area contributed by atoms with Crippen molar-refractivity contribution in [2.75, 3.05) is 17.2 Å². The smallest absolute Gasteiger partial charge is 0.257 e. The third kappa shape index (κ3) is 5.34. The molecule has 0 spiro atoms. The summed E-state index contributed by atoms with van der Waals surface area (Å²) in [5, 5.41) is 5.60. The van der Waals surface area contributed by atoms with E-state index in [0.29, 0.717) is 5.82 Å². The molecular weight excluding hydrogens is 348 g/mol. The maximum absolute atomic E-state index is 13.6. The molecule has 1 aromatic heterocycles. The van der Waals surface area contributed by atoms with E-state index in [1.165, 1.54) is 17.8 Å². The number of carbonyl (C=O) groups excluding carboxylic acids is 1. The highest BCUT2D eigenvalue weighted by Gasteiger charge is 2.10. The van der Waals surface area contributed by atoms with Crippen molar-refractivity contribution in [3.63, 3.8) is 0 Å². The quantitative estimate of drug-likeness (QED) is 0.598. The molecule has 0 fully saturated rings. The summed E-state index contributed by atoms with van der Waals surface area (Å²) in [5.74, 6) is -1.38. The molecule has 1 amide bonds. The number of nitrogens with one attached hydrogen (secondary N) is 2. The van der Waals surface area contributed by atoms with Gasteiger partial charge in [0.1, 0.15) is 17.5 Å². The fourth-order valence-electron chi connectivity index (χ4n) is 2.57. The highest BCUT2D eigenvalue weighted by Crippen LogP contribution is 2.16. The number of halogens is 2. The average molecular weight is 367 g/mol. The van der Waals surface area contributed by atoms with Crippen LogP contribution in [0.3, 0.4) is 0 Å². The number of hydrogen-bond acceptors (Lipinski definition) is 3. The minimum absolute atomic E-state index is 0.0792. The standard InChI is InChI=1S/C21H19F2N3O/c22-17-9-10-19(18(23)13-17)26-21(27)16-8-11-20(25-14-16)24-12-4-7-15-5-2-1-3-6-15/h1-3,5-6,8-11,13-14H,4,7,12H2,(H,24,25)(H,26,27). The van der Waals surface area contributed by atoms with Gasteiger partial charge in [-0.15, -0.1) is 0 Å². The maximum atomic E-state index is 13.6. The van der Waals surface area contributed by atoms with Crippen LogP contribution in [0.1, 0.15) is 22.3 Å². The summed E-state index contributed by atoms with van der Waals surface area (Å²) in [5.41, 5.74) is 1.49. The van der Waals surface area contributed by atoms with Crippen LogP contribution in [0, 0.1) is 11.6 Å². The van der Waals surface area contributed by atoms with Crippen LogP contribution in [0.25, 0.3) is 0 Å². The predicted octanol–water partition coefficient (Wildman–Crippen LogP) is 4.66. The van der Waals surface area contributed by atoms with E-state index in [0.717, 1.165) is 31.5 Å². The van der Waals surface area contributed by atoms with Gasteiger partial charge in [-0.3, -0.25) is 4.79 Å². The predicted molar refractivity (Wildman–Crippen MR) is 102 cm³/mol. The summed E-state index contributed by atoms with van der Waals surface area (Å²) < 4.78 is 26.5. The largest absolute Gasteiger partial charge is 0.370 e. The minimum Gasteiger partial charge on any atom is -0.370 e. The number of hydrogen-bond donors (Lipinski definition) is 2. The summed E-state index contributed by atoms with van der Waals surface area (Å²) >= 11 is 0. The highest BCUT2D eigenvalue weighted by molar-refractivity contribution is 6.04. The molecule has 0 aliphatic rings. The number of carbonyl (C=O) groups is 1. The lowest BCUT2D eigenvalue weighted by atomic mass is 10.1. The van der Waals surface area contributed by atoms with Gasteiger partial charge in [-0.1, -0.05) is 30.3 Å². The molecule has 2 N–H and O–H groups in total. The molecule has 0 radical (unpaired) electrons. The van der Waals surface area contributed by atoms with Crippen molar-refractivity contribution in [1.82, 2.24) is 4.98 Å². The zero-order valence-corrected chi connectivity index (χ0v) is 14.6. The maximum Gasteiger partial charge on any atom is 0.257 e. The Hall–Kier alpha value is -3.28. The van der Waals surface area contributed by atoms with E-state index in [2.05, 4.69) is 27.8 Å². The van der Waals surface area contributed by atoms with Crippen LogP contribution in [-0.4, -0.2) is 17.4 Å². The Bertz CT molecular complexity index is 899. The Morgan fingerprint density at radius 3 is 2.52 bits per heavy atom. The number of benzene rings is 2. The second-order valence-electron chi connectivity index (χ2n) is 6.03. The molecule has 4 nitrogen and oxygen atoms in total. The van der Waals surface area contributed by atoms with Gasteiger partial charge in [0, 0.05) is 18.8 Å². The molecule has 0 saturated carbocycles. The lowest BCUT2D eigenvalue weighted by Crippen LogP contribution is -2.14. The number of aryl methyl sites for hydroxylation is 1.